The highest BCUT2D eigenvalue weighted by Crippen LogP contribution is 2.33. The summed E-state index contributed by atoms with van der Waals surface area (Å²) in [6.07, 6.45) is 10.2. The Bertz CT molecular complexity index is 620. The third-order valence-electron chi connectivity index (χ3n) is 5.27. The molecule has 28 heavy (non-hydrogen) atoms. The molecule has 1 unspecified atom stereocenters. The summed E-state index contributed by atoms with van der Waals surface area (Å²) in [7, 11) is 0. The number of benzene rings is 1. The number of carbonyl (C=O) groups excluding carboxylic acids is 2. The number of unbranched alkanes of at least 4 members (excludes halogenated alkanes) is 7. The fraction of sp³-hybridized carbons (Fsp3) is 0.652. The SMILES string of the molecule is CCCCCCCCCCC(C(=O)N1CCOC1=O)c1ccccc1SCC. The van der Waals surface area contributed by atoms with Crippen LogP contribution in [0.1, 0.15) is 83.1 Å². The van der Waals surface area contributed by atoms with Crippen LogP contribution in [-0.4, -0.2) is 35.8 Å². The van der Waals surface area contributed by atoms with Gasteiger partial charge in [0.15, 0.2) is 0 Å². The Hall–Kier alpha value is -1.49. The van der Waals surface area contributed by atoms with Crippen LogP contribution in [0.5, 0.6) is 0 Å². The number of cyclic esters (lactones) is 1. The molecule has 1 aromatic rings. The molecule has 1 heterocycles. The van der Waals surface area contributed by atoms with E-state index in [4.69, 9.17) is 4.74 Å². The number of hydrogen-bond acceptors (Lipinski definition) is 4. The highest BCUT2D eigenvalue weighted by atomic mass is 32.2. The van der Waals surface area contributed by atoms with Crippen molar-refractivity contribution in [2.24, 2.45) is 0 Å². The lowest BCUT2D eigenvalue weighted by Gasteiger charge is -2.23. The lowest BCUT2D eigenvalue weighted by atomic mass is 9.91. The van der Waals surface area contributed by atoms with Gasteiger partial charge in [-0.25, -0.2) is 9.69 Å². The number of amides is 2. The van der Waals surface area contributed by atoms with E-state index in [-0.39, 0.29) is 11.8 Å². The van der Waals surface area contributed by atoms with Gasteiger partial charge in [-0.2, -0.15) is 0 Å². The first-order valence-corrected chi connectivity index (χ1v) is 11.9. The molecule has 1 aliphatic rings. The maximum absolute atomic E-state index is 13.2. The third-order valence-corrected chi connectivity index (χ3v) is 6.24. The molecule has 5 heteroatoms. The Labute approximate surface area is 174 Å². The van der Waals surface area contributed by atoms with Crippen molar-refractivity contribution in [2.75, 3.05) is 18.9 Å². The molecule has 0 radical (unpaired) electrons. The number of imide groups is 1. The van der Waals surface area contributed by atoms with Crippen LogP contribution in [0.15, 0.2) is 29.2 Å². The van der Waals surface area contributed by atoms with Crippen molar-refractivity contribution in [3.63, 3.8) is 0 Å². The Morgan fingerprint density at radius 2 is 1.75 bits per heavy atom. The first-order chi connectivity index (χ1) is 13.7. The van der Waals surface area contributed by atoms with Gasteiger partial charge in [-0.05, 0) is 23.8 Å². The molecule has 156 valence electrons. The molecule has 1 fully saturated rings. The van der Waals surface area contributed by atoms with Crippen LogP contribution in [0.4, 0.5) is 4.79 Å². The van der Waals surface area contributed by atoms with Gasteiger partial charge in [0.2, 0.25) is 5.91 Å². The maximum atomic E-state index is 13.2. The molecular formula is C23H35NO3S. The van der Waals surface area contributed by atoms with Crippen LogP contribution >= 0.6 is 11.8 Å². The summed E-state index contributed by atoms with van der Waals surface area (Å²) in [6, 6.07) is 8.14. The molecule has 1 aromatic carbocycles. The van der Waals surface area contributed by atoms with Crippen molar-refractivity contribution in [1.82, 2.24) is 4.90 Å². The van der Waals surface area contributed by atoms with Gasteiger partial charge in [0, 0.05) is 4.90 Å². The summed E-state index contributed by atoms with van der Waals surface area (Å²) in [5, 5.41) is 0. The van der Waals surface area contributed by atoms with Gasteiger partial charge in [-0.15, -0.1) is 11.8 Å². The molecule has 1 atom stereocenters. The third kappa shape index (κ3) is 6.84. The zero-order valence-corrected chi connectivity index (χ0v) is 18.3. The first kappa shape index (κ1) is 22.8. The Balaban J connectivity index is 1.99. The van der Waals surface area contributed by atoms with E-state index in [1.54, 1.807) is 11.8 Å². The lowest BCUT2D eigenvalue weighted by Crippen LogP contribution is -2.36. The van der Waals surface area contributed by atoms with Gasteiger partial charge in [-0.3, -0.25) is 4.79 Å². The molecule has 0 saturated carbocycles. The minimum absolute atomic E-state index is 0.102. The van der Waals surface area contributed by atoms with E-state index in [1.165, 1.54) is 43.4 Å². The number of thioether (sulfide) groups is 1. The molecule has 0 aromatic heterocycles. The van der Waals surface area contributed by atoms with Crippen molar-refractivity contribution < 1.29 is 14.3 Å². The number of ether oxygens (including phenoxy) is 1. The molecule has 0 N–H and O–H groups in total. The zero-order valence-electron chi connectivity index (χ0n) is 17.5. The molecular weight excluding hydrogens is 370 g/mol. The fourth-order valence-electron chi connectivity index (χ4n) is 3.73. The van der Waals surface area contributed by atoms with Crippen LogP contribution in [0.3, 0.4) is 0 Å². The minimum atomic E-state index is -0.494. The molecule has 0 bridgehead atoms. The Morgan fingerprint density at radius 1 is 1.07 bits per heavy atom. The summed E-state index contributed by atoms with van der Waals surface area (Å²) in [4.78, 5) is 27.6. The maximum Gasteiger partial charge on any atom is 0.416 e. The van der Waals surface area contributed by atoms with Gasteiger partial charge in [0.1, 0.15) is 6.61 Å². The van der Waals surface area contributed by atoms with Crippen LogP contribution in [0.2, 0.25) is 0 Å². The largest absolute Gasteiger partial charge is 0.447 e. The number of carbonyl (C=O) groups is 2. The molecule has 0 spiro atoms. The quantitative estimate of drug-likeness (QED) is 0.282. The highest BCUT2D eigenvalue weighted by molar-refractivity contribution is 7.99. The molecule has 2 rings (SSSR count). The molecule has 2 amide bonds. The van der Waals surface area contributed by atoms with Gasteiger partial charge >= 0.3 is 6.09 Å². The van der Waals surface area contributed by atoms with E-state index in [0.29, 0.717) is 13.2 Å². The molecule has 1 aliphatic heterocycles. The Kier molecular flexibility index (Phi) is 10.5. The molecule has 1 saturated heterocycles. The number of hydrogen-bond donors (Lipinski definition) is 0. The summed E-state index contributed by atoms with van der Waals surface area (Å²) in [5.74, 6) is 0.595. The van der Waals surface area contributed by atoms with E-state index in [9.17, 15) is 9.59 Å². The van der Waals surface area contributed by atoms with Gasteiger partial charge in [-0.1, -0.05) is 83.4 Å². The summed E-state index contributed by atoms with van der Waals surface area (Å²) >= 11 is 1.76. The second-order valence-electron chi connectivity index (χ2n) is 7.39. The average Bonchev–Trinajstić information content (AvgIpc) is 3.13. The second kappa shape index (κ2) is 12.9. The van der Waals surface area contributed by atoms with Crippen LogP contribution in [0, 0.1) is 0 Å². The van der Waals surface area contributed by atoms with Crippen molar-refractivity contribution in [3.8, 4) is 0 Å². The predicted molar refractivity (Wildman–Crippen MR) is 116 cm³/mol. The first-order valence-electron chi connectivity index (χ1n) is 10.9. The van der Waals surface area contributed by atoms with Crippen LogP contribution in [-0.2, 0) is 9.53 Å². The summed E-state index contributed by atoms with van der Waals surface area (Å²) in [6.45, 7) is 5.03. The van der Waals surface area contributed by atoms with E-state index in [0.717, 1.165) is 35.5 Å². The normalized spacial score (nSPS) is 14.9. The van der Waals surface area contributed by atoms with E-state index < -0.39 is 6.09 Å². The van der Waals surface area contributed by atoms with Crippen molar-refractivity contribution in [1.29, 1.82) is 0 Å². The summed E-state index contributed by atoms with van der Waals surface area (Å²) in [5.41, 5.74) is 1.06. The topological polar surface area (TPSA) is 46.6 Å². The number of nitrogens with zero attached hydrogens (tertiary/aromatic N) is 1. The highest BCUT2D eigenvalue weighted by Gasteiger charge is 2.34. The van der Waals surface area contributed by atoms with Gasteiger partial charge in [0.05, 0.1) is 12.5 Å². The fourth-order valence-corrected chi connectivity index (χ4v) is 4.59. The predicted octanol–water partition coefficient (Wildman–Crippen LogP) is 6.39. The van der Waals surface area contributed by atoms with Gasteiger partial charge in [0.25, 0.3) is 0 Å². The number of rotatable bonds is 13. The smallest absolute Gasteiger partial charge is 0.416 e. The monoisotopic (exact) mass is 405 g/mol. The van der Waals surface area contributed by atoms with Crippen LogP contribution in [0.25, 0.3) is 0 Å². The average molecular weight is 406 g/mol. The molecule has 0 aliphatic carbocycles. The summed E-state index contributed by atoms with van der Waals surface area (Å²) < 4.78 is 5.00. The van der Waals surface area contributed by atoms with Gasteiger partial charge < -0.3 is 4.74 Å². The molecule has 4 nitrogen and oxygen atoms in total. The van der Waals surface area contributed by atoms with Crippen molar-refractivity contribution in [3.05, 3.63) is 29.8 Å². The standard InChI is InChI=1S/C23H35NO3S/c1-3-5-6-7-8-9-10-11-15-20(22(25)24-17-18-27-23(24)26)19-14-12-13-16-21(19)28-4-2/h12-14,16,20H,3-11,15,17-18H2,1-2H3. The van der Waals surface area contributed by atoms with E-state index in [1.807, 2.05) is 18.2 Å². The second-order valence-corrected chi connectivity index (χ2v) is 8.70. The van der Waals surface area contributed by atoms with Crippen molar-refractivity contribution in [2.45, 2.75) is 82.4 Å². The Morgan fingerprint density at radius 3 is 2.39 bits per heavy atom. The van der Waals surface area contributed by atoms with Crippen LogP contribution < -0.4 is 0 Å². The zero-order chi connectivity index (χ0) is 20.2. The van der Waals surface area contributed by atoms with E-state index in [2.05, 4.69) is 19.9 Å². The van der Waals surface area contributed by atoms with E-state index >= 15 is 0 Å². The lowest BCUT2D eigenvalue weighted by molar-refractivity contribution is -0.129. The van der Waals surface area contributed by atoms with Crippen molar-refractivity contribution >= 4 is 23.8 Å². The minimum Gasteiger partial charge on any atom is -0.447 e.